The third kappa shape index (κ3) is 4.14. The van der Waals surface area contributed by atoms with Crippen LogP contribution in [-0.2, 0) is 20.8 Å². The number of carbonyl (C=O) groups excluding carboxylic acids is 3. The second kappa shape index (κ2) is 8.43. The minimum atomic E-state index is -1.17. The van der Waals surface area contributed by atoms with Crippen molar-refractivity contribution < 1.29 is 19.1 Å². The van der Waals surface area contributed by atoms with Gasteiger partial charge in [-0.2, -0.15) is 0 Å². The van der Waals surface area contributed by atoms with Gasteiger partial charge in [-0.25, -0.2) is 4.98 Å². The Bertz CT molecular complexity index is 1140. The summed E-state index contributed by atoms with van der Waals surface area (Å²) in [6.07, 6.45) is -0.0467. The Morgan fingerprint density at radius 1 is 1.13 bits per heavy atom. The monoisotopic (exact) mass is 434 g/mol. The van der Waals surface area contributed by atoms with Crippen LogP contribution in [0, 0.1) is 0 Å². The van der Waals surface area contributed by atoms with Crippen LogP contribution in [-0.4, -0.2) is 34.6 Å². The number of rotatable bonds is 6. The average Bonchev–Trinajstić information content (AvgIpc) is 3.19. The molecule has 0 saturated heterocycles. The normalized spacial score (nSPS) is 15.5. The summed E-state index contributed by atoms with van der Waals surface area (Å²) < 4.78 is 5.73. The van der Waals surface area contributed by atoms with Crippen LogP contribution in [0.15, 0.2) is 53.9 Å². The molecule has 0 saturated carbocycles. The number of hydrogen-bond acceptors (Lipinski definition) is 6. The number of carbonyl (C=O) groups is 3. The first-order chi connectivity index (χ1) is 14.8. The number of thiazole rings is 1. The minimum absolute atomic E-state index is 0.384. The summed E-state index contributed by atoms with van der Waals surface area (Å²) in [7, 11) is 0. The number of nitrogens with zero attached hydrogens (tertiary/aromatic N) is 2. The fourth-order valence-corrected chi connectivity index (χ4v) is 4.57. The Hall–Kier alpha value is -3.32. The average molecular weight is 435 g/mol. The van der Waals surface area contributed by atoms with E-state index in [0.29, 0.717) is 11.4 Å². The molecule has 0 fully saturated rings. The number of anilines is 1. The largest absolute Gasteiger partial charge is 0.479 e. The second-order valence-electron chi connectivity index (χ2n) is 7.56. The predicted molar refractivity (Wildman–Crippen MR) is 120 cm³/mol. The number of amides is 1. The summed E-state index contributed by atoms with van der Waals surface area (Å²) in [5, 5.41) is 2.94. The number of aromatic nitrogens is 1. The molecule has 4 rings (SSSR count). The zero-order valence-corrected chi connectivity index (χ0v) is 18.3. The van der Waals surface area contributed by atoms with Gasteiger partial charge in [-0.1, -0.05) is 30.3 Å². The summed E-state index contributed by atoms with van der Waals surface area (Å²) >= 11 is 1.56. The van der Waals surface area contributed by atoms with Gasteiger partial charge in [0.25, 0.3) is 5.91 Å². The van der Waals surface area contributed by atoms with E-state index in [9.17, 15) is 14.4 Å². The van der Waals surface area contributed by atoms with Gasteiger partial charge in [0, 0.05) is 17.4 Å². The van der Waals surface area contributed by atoms with Gasteiger partial charge in [0.1, 0.15) is 5.75 Å². The van der Waals surface area contributed by atoms with Gasteiger partial charge in [0.05, 0.1) is 16.4 Å². The van der Waals surface area contributed by atoms with Crippen LogP contribution in [0.1, 0.15) is 31.3 Å². The van der Waals surface area contributed by atoms with Gasteiger partial charge in [-0.15, -0.1) is 11.3 Å². The number of ketones is 2. The fourth-order valence-electron chi connectivity index (χ4n) is 3.73. The molecule has 1 aromatic heterocycles. The van der Waals surface area contributed by atoms with E-state index >= 15 is 0 Å². The maximum absolute atomic E-state index is 12.9. The van der Waals surface area contributed by atoms with Crippen molar-refractivity contribution in [2.45, 2.75) is 39.3 Å². The minimum Gasteiger partial charge on any atom is -0.479 e. The van der Waals surface area contributed by atoms with E-state index in [1.165, 1.54) is 24.3 Å². The number of benzene rings is 2. The van der Waals surface area contributed by atoms with Gasteiger partial charge in [0.15, 0.2) is 23.7 Å². The predicted octanol–water partition coefficient (Wildman–Crippen LogP) is 4.06. The zero-order valence-electron chi connectivity index (χ0n) is 17.5. The highest BCUT2D eigenvalue weighted by Gasteiger charge is 2.40. The molecule has 1 atom stereocenters. The van der Waals surface area contributed by atoms with Gasteiger partial charge in [-0.3, -0.25) is 19.3 Å². The Labute approximate surface area is 184 Å². The molecule has 31 heavy (non-hydrogen) atoms. The fraction of sp³-hybridized carbons (Fsp3) is 0.250. The highest BCUT2D eigenvalue weighted by Crippen LogP contribution is 2.39. The molecule has 6 nitrogen and oxygen atoms in total. The first-order valence-corrected chi connectivity index (χ1v) is 10.9. The van der Waals surface area contributed by atoms with Crippen molar-refractivity contribution in [2.24, 2.45) is 0 Å². The summed E-state index contributed by atoms with van der Waals surface area (Å²) in [5.74, 6) is -0.721. The molecule has 1 amide bonds. The number of Topliss-reactive ketones (excluding diaryl/α,β-unsaturated/α-hetero) is 2. The summed E-state index contributed by atoms with van der Waals surface area (Å²) in [4.78, 5) is 43.3. The lowest BCUT2D eigenvalue weighted by Crippen LogP contribution is -2.54. The van der Waals surface area contributed by atoms with Crippen LogP contribution in [0.4, 0.5) is 5.69 Å². The summed E-state index contributed by atoms with van der Waals surface area (Å²) in [6.45, 7) is 4.25. The number of hydrogen-bond donors (Lipinski definition) is 0. The zero-order chi connectivity index (χ0) is 22.1. The van der Waals surface area contributed by atoms with E-state index in [2.05, 4.69) is 12.1 Å². The lowest BCUT2D eigenvalue weighted by Gasteiger charge is -2.36. The molecule has 0 spiro atoms. The van der Waals surface area contributed by atoms with Crippen molar-refractivity contribution in [1.29, 1.82) is 0 Å². The molecule has 7 heteroatoms. The van der Waals surface area contributed by atoms with Crippen molar-refractivity contribution in [2.75, 3.05) is 4.90 Å². The highest BCUT2D eigenvalue weighted by atomic mass is 32.1. The SMILES string of the molecule is CC(=O)C(C(C)=O)N1C(=O)C(C)Oc2ccc(-c3csc(Cc4ccccc4)n3)cc21. The molecule has 1 aliphatic rings. The van der Waals surface area contributed by atoms with E-state index in [1.54, 1.807) is 30.4 Å². The van der Waals surface area contributed by atoms with Crippen LogP contribution in [0.2, 0.25) is 0 Å². The Balaban J connectivity index is 1.71. The Morgan fingerprint density at radius 3 is 2.52 bits per heavy atom. The molecule has 2 heterocycles. The molecular formula is C24H22N2O4S. The van der Waals surface area contributed by atoms with E-state index < -0.39 is 18.1 Å². The number of fused-ring (bicyclic) bond motifs is 1. The van der Waals surface area contributed by atoms with Crippen molar-refractivity contribution in [3.8, 4) is 17.0 Å². The number of ether oxygens (including phenoxy) is 1. The maximum atomic E-state index is 12.9. The lowest BCUT2D eigenvalue weighted by atomic mass is 10.0. The molecule has 1 aliphatic heterocycles. The van der Waals surface area contributed by atoms with Gasteiger partial charge >= 0.3 is 0 Å². The van der Waals surface area contributed by atoms with Crippen molar-refractivity contribution in [3.63, 3.8) is 0 Å². The smallest absolute Gasteiger partial charge is 0.268 e. The van der Waals surface area contributed by atoms with Crippen LogP contribution in [0.3, 0.4) is 0 Å². The molecule has 158 valence electrons. The van der Waals surface area contributed by atoms with Gasteiger partial charge < -0.3 is 4.74 Å². The van der Waals surface area contributed by atoms with E-state index in [1.807, 2.05) is 29.6 Å². The van der Waals surface area contributed by atoms with Crippen LogP contribution < -0.4 is 9.64 Å². The van der Waals surface area contributed by atoms with Crippen molar-refractivity contribution in [3.05, 3.63) is 64.5 Å². The van der Waals surface area contributed by atoms with Crippen molar-refractivity contribution >= 4 is 34.5 Å². The van der Waals surface area contributed by atoms with Gasteiger partial charge in [-0.05, 0) is 44.5 Å². The topological polar surface area (TPSA) is 76.6 Å². The standard InChI is InChI=1S/C24H22N2O4S/c1-14(27)23(15(2)28)26-20-12-18(9-10-21(20)30-16(3)24(26)29)19-13-31-22(25-19)11-17-7-5-4-6-8-17/h4-10,12-13,16,23H,11H2,1-3H3. The first-order valence-electron chi connectivity index (χ1n) is 9.98. The Morgan fingerprint density at radius 2 is 1.84 bits per heavy atom. The van der Waals surface area contributed by atoms with Crippen molar-refractivity contribution in [1.82, 2.24) is 4.98 Å². The molecule has 3 aromatic rings. The molecule has 1 unspecified atom stereocenters. The summed E-state index contributed by atoms with van der Waals surface area (Å²) in [6, 6.07) is 14.3. The van der Waals surface area contributed by atoms with E-state index in [4.69, 9.17) is 9.72 Å². The molecule has 0 bridgehead atoms. The van der Waals surface area contributed by atoms with Crippen LogP contribution in [0.25, 0.3) is 11.3 Å². The van der Waals surface area contributed by atoms with Crippen LogP contribution in [0.5, 0.6) is 5.75 Å². The van der Waals surface area contributed by atoms with Crippen LogP contribution >= 0.6 is 11.3 Å². The molecule has 0 aliphatic carbocycles. The van der Waals surface area contributed by atoms with E-state index in [0.717, 1.165) is 22.7 Å². The summed E-state index contributed by atoms with van der Waals surface area (Å²) in [5.41, 5.74) is 3.15. The quantitative estimate of drug-likeness (QED) is 0.547. The van der Waals surface area contributed by atoms with E-state index in [-0.39, 0.29) is 11.6 Å². The maximum Gasteiger partial charge on any atom is 0.268 e. The lowest BCUT2D eigenvalue weighted by molar-refractivity contribution is -0.133. The molecule has 2 aromatic carbocycles. The third-order valence-corrected chi connectivity index (χ3v) is 6.03. The third-order valence-electron chi connectivity index (χ3n) is 5.18. The van der Waals surface area contributed by atoms with Gasteiger partial charge in [0.2, 0.25) is 0 Å². The molecular weight excluding hydrogens is 412 g/mol. The first kappa shape index (κ1) is 20.9. The highest BCUT2D eigenvalue weighted by molar-refractivity contribution is 7.10. The molecule has 0 radical (unpaired) electrons. The second-order valence-corrected chi connectivity index (χ2v) is 8.51. The Kier molecular flexibility index (Phi) is 5.69. The molecule has 0 N–H and O–H groups in total.